The molecule has 0 N–H and O–H groups in total. The number of allylic oxidation sites excluding steroid dienone is 2. The molecule has 15 heavy (non-hydrogen) atoms. The summed E-state index contributed by atoms with van der Waals surface area (Å²) < 4.78 is 1.66. The minimum Gasteiger partial charge on any atom is -0.295 e. The molecule has 4 heteroatoms. The summed E-state index contributed by atoms with van der Waals surface area (Å²) in [7, 11) is 1.83. The van der Waals surface area contributed by atoms with E-state index in [1.807, 2.05) is 13.2 Å². The van der Waals surface area contributed by atoms with Crippen LogP contribution in [0, 0.1) is 5.41 Å². The van der Waals surface area contributed by atoms with Gasteiger partial charge in [-0.2, -0.15) is 0 Å². The molecule has 0 spiro atoms. The average molecular weight is 205 g/mol. The zero-order valence-corrected chi connectivity index (χ0v) is 9.32. The fourth-order valence-corrected chi connectivity index (χ4v) is 2.01. The summed E-state index contributed by atoms with van der Waals surface area (Å²) in [5, 5.41) is 7.91. The number of carbonyl (C=O) groups is 1. The third kappa shape index (κ3) is 2.14. The Labute approximate surface area is 89.0 Å². The van der Waals surface area contributed by atoms with E-state index in [1.165, 1.54) is 0 Å². The molecule has 1 aliphatic carbocycles. The lowest BCUT2D eigenvalue weighted by Crippen LogP contribution is -2.21. The SMILES string of the molecule is Cn1cc(C2=CC(=O)CC(C)(C)C2)nn1. The first kappa shape index (κ1) is 10.1. The molecule has 0 radical (unpaired) electrons. The molecule has 1 aromatic rings. The van der Waals surface area contributed by atoms with Gasteiger partial charge in [0, 0.05) is 13.5 Å². The maximum atomic E-state index is 11.5. The smallest absolute Gasteiger partial charge is 0.156 e. The standard InChI is InChI=1S/C11H15N3O/c1-11(2)5-8(4-9(15)6-11)10-7-14(3)13-12-10/h4,7H,5-6H2,1-3H3. The number of rotatable bonds is 1. The number of aryl methyl sites for hydroxylation is 1. The van der Waals surface area contributed by atoms with Gasteiger partial charge in [-0.15, -0.1) is 5.10 Å². The van der Waals surface area contributed by atoms with Crippen LogP contribution in [0.2, 0.25) is 0 Å². The van der Waals surface area contributed by atoms with E-state index in [2.05, 4.69) is 24.2 Å². The normalized spacial score (nSPS) is 20.2. The second-order valence-electron chi connectivity index (χ2n) is 4.93. The first-order valence-corrected chi connectivity index (χ1v) is 5.06. The van der Waals surface area contributed by atoms with Crippen LogP contribution < -0.4 is 0 Å². The Morgan fingerprint density at radius 2 is 2.13 bits per heavy atom. The third-order valence-corrected chi connectivity index (χ3v) is 2.59. The number of hydrogen-bond donors (Lipinski definition) is 0. The van der Waals surface area contributed by atoms with Gasteiger partial charge < -0.3 is 0 Å². The van der Waals surface area contributed by atoms with Crippen molar-refractivity contribution in [3.8, 4) is 0 Å². The second-order valence-corrected chi connectivity index (χ2v) is 4.93. The van der Waals surface area contributed by atoms with Crippen molar-refractivity contribution in [3.05, 3.63) is 18.0 Å². The van der Waals surface area contributed by atoms with Crippen molar-refractivity contribution < 1.29 is 4.79 Å². The van der Waals surface area contributed by atoms with Gasteiger partial charge in [0.05, 0.1) is 6.20 Å². The highest BCUT2D eigenvalue weighted by Crippen LogP contribution is 2.37. The number of hydrogen-bond acceptors (Lipinski definition) is 3. The van der Waals surface area contributed by atoms with Crippen LogP contribution in [0.5, 0.6) is 0 Å². The minimum atomic E-state index is 0.0404. The summed E-state index contributed by atoms with van der Waals surface area (Å²) in [5.41, 5.74) is 1.86. The summed E-state index contributed by atoms with van der Waals surface area (Å²) in [5.74, 6) is 0.187. The molecule has 0 atom stereocenters. The van der Waals surface area contributed by atoms with Crippen LogP contribution in [0.1, 0.15) is 32.4 Å². The van der Waals surface area contributed by atoms with Gasteiger partial charge in [-0.25, -0.2) is 0 Å². The Morgan fingerprint density at radius 1 is 1.40 bits per heavy atom. The first-order chi connectivity index (χ1) is 6.96. The minimum absolute atomic E-state index is 0.0404. The van der Waals surface area contributed by atoms with Crippen LogP contribution in [-0.2, 0) is 11.8 Å². The monoisotopic (exact) mass is 205 g/mol. The fourth-order valence-electron chi connectivity index (χ4n) is 2.01. The maximum Gasteiger partial charge on any atom is 0.156 e. The van der Waals surface area contributed by atoms with E-state index < -0.39 is 0 Å². The lowest BCUT2D eigenvalue weighted by Gasteiger charge is -2.27. The van der Waals surface area contributed by atoms with Gasteiger partial charge in [0.2, 0.25) is 0 Å². The predicted molar refractivity (Wildman–Crippen MR) is 57.0 cm³/mol. The number of carbonyl (C=O) groups excluding carboxylic acids is 1. The van der Waals surface area contributed by atoms with Crippen LogP contribution in [-0.4, -0.2) is 20.8 Å². The number of aromatic nitrogens is 3. The van der Waals surface area contributed by atoms with Crippen LogP contribution in [0.3, 0.4) is 0 Å². The van der Waals surface area contributed by atoms with E-state index >= 15 is 0 Å². The Morgan fingerprint density at radius 3 is 2.67 bits per heavy atom. The van der Waals surface area contributed by atoms with E-state index in [9.17, 15) is 4.79 Å². The highest BCUT2D eigenvalue weighted by molar-refractivity contribution is 5.98. The van der Waals surface area contributed by atoms with Crippen LogP contribution in [0.25, 0.3) is 5.57 Å². The molecule has 1 aromatic heterocycles. The maximum absolute atomic E-state index is 11.5. The topological polar surface area (TPSA) is 47.8 Å². The molecular formula is C11H15N3O. The highest BCUT2D eigenvalue weighted by Gasteiger charge is 2.28. The predicted octanol–water partition coefficient (Wildman–Crippen LogP) is 1.59. The molecule has 0 aliphatic heterocycles. The zero-order valence-electron chi connectivity index (χ0n) is 9.32. The molecule has 0 unspecified atom stereocenters. The average Bonchev–Trinajstić information content (AvgIpc) is 2.48. The molecule has 80 valence electrons. The van der Waals surface area contributed by atoms with Gasteiger partial charge in [-0.3, -0.25) is 9.48 Å². The summed E-state index contributed by atoms with van der Waals surface area (Å²) in [6, 6.07) is 0. The van der Waals surface area contributed by atoms with E-state index in [1.54, 1.807) is 10.8 Å². The van der Waals surface area contributed by atoms with Gasteiger partial charge in [0.15, 0.2) is 5.78 Å². The first-order valence-electron chi connectivity index (χ1n) is 5.06. The van der Waals surface area contributed by atoms with E-state index in [0.29, 0.717) is 6.42 Å². The van der Waals surface area contributed by atoms with Crippen molar-refractivity contribution in [2.45, 2.75) is 26.7 Å². The molecule has 0 aromatic carbocycles. The van der Waals surface area contributed by atoms with Gasteiger partial charge in [0.1, 0.15) is 5.69 Å². The number of nitrogens with zero attached hydrogens (tertiary/aromatic N) is 3. The molecular weight excluding hydrogens is 190 g/mol. The Kier molecular flexibility index (Phi) is 2.21. The number of ketones is 1. The summed E-state index contributed by atoms with van der Waals surface area (Å²) in [6.07, 6.45) is 5.06. The molecule has 0 bridgehead atoms. The van der Waals surface area contributed by atoms with E-state index in [4.69, 9.17) is 0 Å². The van der Waals surface area contributed by atoms with Crippen molar-refractivity contribution >= 4 is 11.4 Å². The fraction of sp³-hybridized carbons (Fsp3) is 0.545. The second kappa shape index (κ2) is 3.29. The van der Waals surface area contributed by atoms with Crippen molar-refractivity contribution in [3.63, 3.8) is 0 Å². The third-order valence-electron chi connectivity index (χ3n) is 2.59. The van der Waals surface area contributed by atoms with E-state index in [0.717, 1.165) is 17.7 Å². The van der Waals surface area contributed by atoms with Crippen LogP contribution in [0.15, 0.2) is 12.3 Å². The molecule has 0 saturated carbocycles. The highest BCUT2D eigenvalue weighted by atomic mass is 16.1. The molecule has 1 aliphatic rings. The van der Waals surface area contributed by atoms with Gasteiger partial charge in [0.25, 0.3) is 0 Å². The van der Waals surface area contributed by atoms with Crippen molar-refractivity contribution in [2.24, 2.45) is 12.5 Å². The summed E-state index contributed by atoms with van der Waals surface area (Å²) in [4.78, 5) is 11.5. The van der Waals surface area contributed by atoms with Gasteiger partial charge >= 0.3 is 0 Å². The van der Waals surface area contributed by atoms with E-state index in [-0.39, 0.29) is 11.2 Å². The molecule has 4 nitrogen and oxygen atoms in total. The Bertz CT molecular complexity index is 429. The quantitative estimate of drug-likeness (QED) is 0.699. The van der Waals surface area contributed by atoms with Crippen molar-refractivity contribution in [1.29, 1.82) is 0 Å². The largest absolute Gasteiger partial charge is 0.295 e. The lowest BCUT2D eigenvalue weighted by atomic mass is 9.76. The molecule has 0 amide bonds. The summed E-state index contributed by atoms with van der Waals surface area (Å²) >= 11 is 0. The molecule has 2 rings (SSSR count). The molecule has 0 saturated heterocycles. The molecule has 1 heterocycles. The van der Waals surface area contributed by atoms with Gasteiger partial charge in [-0.1, -0.05) is 19.1 Å². The Hall–Kier alpha value is -1.45. The van der Waals surface area contributed by atoms with Crippen LogP contribution in [0.4, 0.5) is 0 Å². The van der Waals surface area contributed by atoms with Crippen LogP contribution >= 0.6 is 0 Å². The summed E-state index contributed by atoms with van der Waals surface area (Å²) in [6.45, 7) is 4.21. The van der Waals surface area contributed by atoms with Crippen molar-refractivity contribution in [1.82, 2.24) is 15.0 Å². The lowest BCUT2D eigenvalue weighted by molar-refractivity contribution is -0.116. The van der Waals surface area contributed by atoms with Crippen molar-refractivity contribution in [2.75, 3.05) is 0 Å². The van der Waals surface area contributed by atoms with Gasteiger partial charge in [-0.05, 0) is 23.5 Å². The Balaban J connectivity index is 2.34. The zero-order chi connectivity index (χ0) is 11.1. The molecule has 0 fully saturated rings.